The average Bonchev–Trinajstić information content (AvgIpc) is 2.35. The van der Waals surface area contributed by atoms with Crippen molar-refractivity contribution in [1.29, 1.82) is 0 Å². The zero-order valence-corrected chi connectivity index (χ0v) is 11.7. The third-order valence-corrected chi connectivity index (χ3v) is 4.49. The van der Waals surface area contributed by atoms with Gasteiger partial charge in [-0.25, -0.2) is 12.8 Å². The van der Waals surface area contributed by atoms with Gasteiger partial charge < -0.3 is 11.1 Å². The molecule has 0 aliphatic carbocycles. The van der Waals surface area contributed by atoms with Crippen LogP contribution >= 0.6 is 0 Å². The van der Waals surface area contributed by atoms with Crippen LogP contribution in [0.15, 0.2) is 12.1 Å². The number of halogens is 1. The van der Waals surface area contributed by atoms with Crippen LogP contribution in [0.1, 0.15) is 22.8 Å². The second-order valence-corrected chi connectivity index (χ2v) is 6.64. The van der Waals surface area contributed by atoms with Gasteiger partial charge in [-0.15, -0.1) is 0 Å². The van der Waals surface area contributed by atoms with E-state index in [4.69, 9.17) is 5.73 Å². The van der Waals surface area contributed by atoms with Crippen LogP contribution in [-0.4, -0.2) is 32.4 Å². The van der Waals surface area contributed by atoms with Crippen LogP contribution in [0.3, 0.4) is 0 Å². The molecule has 0 heterocycles. The molecule has 0 bridgehead atoms. The lowest BCUT2D eigenvalue weighted by Crippen LogP contribution is -2.29. The zero-order valence-electron chi connectivity index (χ0n) is 10.9. The van der Waals surface area contributed by atoms with E-state index in [1.165, 1.54) is 19.9 Å². The molecule has 0 saturated carbocycles. The van der Waals surface area contributed by atoms with E-state index in [2.05, 4.69) is 5.32 Å². The average molecular weight is 288 g/mol. The first-order valence-electron chi connectivity index (χ1n) is 5.81. The van der Waals surface area contributed by atoms with Gasteiger partial charge in [0.25, 0.3) is 5.91 Å². The minimum Gasteiger partial charge on any atom is -0.398 e. The van der Waals surface area contributed by atoms with E-state index >= 15 is 0 Å². The molecule has 19 heavy (non-hydrogen) atoms. The van der Waals surface area contributed by atoms with Gasteiger partial charge in [-0.3, -0.25) is 4.79 Å². The number of nitrogen functional groups attached to an aromatic ring is 1. The number of anilines is 1. The second-order valence-electron chi connectivity index (χ2n) is 4.16. The number of hydrogen-bond donors (Lipinski definition) is 2. The van der Waals surface area contributed by atoms with E-state index < -0.39 is 21.6 Å². The van der Waals surface area contributed by atoms with Crippen molar-refractivity contribution in [3.8, 4) is 0 Å². The summed E-state index contributed by atoms with van der Waals surface area (Å²) in [5, 5.41) is 2.42. The van der Waals surface area contributed by atoms with E-state index in [0.717, 1.165) is 6.07 Å². The van der Waals surface area contributed by atoms with Crippen LogP contribution in [0.2, 0.25) is 0 Å². The molecular weight excluding hydrogens is 271 g/mol. The summed E-state index contributed by atoms with van der Waals surface area (Å²) >= 11 is 0. The minimum atomic E-state index is -3.13. The van der Waals surface area contributed by atoms with Crippen LogP contribution in [-0.2, 0) is 9.84 Å². The van der Waals surface area contributed by atoms with E-state index in [0.29, 0.717) is 0 Å². The van der Waals surface area contributed by atoms with Crippen LogP contribution in [0, 0.1) is 12.7 Å². The normalized spacial score (nSPS) is 11.3. The Hall–Kier alpha value is -1.63. The van der Waals surface area contributed by atoms with E-state index in [1.54, 1.807) is 0 Å². The number of benzene rings is 1. The standard InChI is InChI=1S/C12H17FN2O3S/c1-3-19(17,18)5-4-15-12(16)9-6-10(13)8(2)11(14)7-9/h6-7H,3-5,14H2,1-2H3,(H,15,16). The van der Waals surface area contributed by atoms with Gasteiger partial charge in [-0.2, -0.15) is 0 Å². The van der Waals surface area contributed by atoms with Crippen LogP contribution in [0.25, 0.3) is 0 Å². The van der Waals surface area contributed by atoms with Crippen molar-refractivity contribution in [2.75, 3.05) is 23.8 Å². The molecule has 0 unspecified atom stereocenters. The molecule has 0 spiro atoms. The first-order valence-corrected chi connectivity index (χ1v) is 7.63. The molecule has 0 aliphatic heterocycles. The molecule has 0 fully saturated rings. The fourth-order valence-electron chi connectivity index (χ4n) is 1.40. The Bertz CT molecular complexity index is 562. The predicted octanol–water partition coefficient (Wildman–Crippen LogP) is 0.881. The highest BCUT2D eigenvalue weighted by atomic mass is 32.2. The van der Waals surface area contributed by atoms with Gasteiger partial charge >= 0.3 is 0 Å². The van der Waals surface area contributed by atoms with Gasteiger partial charge in [0.1, 0.15) is 5.82 Å². The molecular formula is C12H17FN2O3S. The maximum Gasteiger partial charge on any atom is 0.251 e. The second kappa shape index (κ2) is 6.01. The number of amides is 1. The number of carbonyl (C=O) groups excluding carboxylic acids is 1. The molecule has 1 rings (SSSR count). The Morgan fingerprint density at radius 1 is 1.42 bits per heavy atom. The fourth-order valence-corrected chi connectivity index (χ4v) is 2.10. The summed E-state index contributed by atoms with van der Waals surface area (Å²) in [6.07, 6.45) is 0. The van der Waals surface area contributed by atoms with Crippen molar-refractivity contribution in [2.24, 2.45) is 0 Å². The van der Waals surface area contributed by atoms with E-state index in [9.17, 15) is 17.6 Å². The Labute approximate surface area is 111 Å². The number of rotatable bonds is 5. The van der Waals surface area contributed by atoms with Crippen molar-refractivity contribution in [2.45, 2.75) is 13.8 Å². The number of carbonyl (C=O) groups is 1. The molecule has 5 nitrogen and oxygen atoms in total. The fraction of sp³-hybridized carbons (Fsp3) is 0.417. The lowest BCUT2D eigenvalue weighted by molar-refractivity contribution is 0.0955. The molecule has 1 aromatic carbocycles. The van der Waals surface area contributed by atoms with Gasteiger partial charge in [0, 0.05) is 29.1 Å². The largest absolute Gasteiger partial charge is 0.398 e. The van der Waals surface area contributed by atoms with Crippen molar-refractivity contribution in [1.82, 2.24) is 5.32 Å². The van der Waals surface area contributed by atoms with Gasteiger partial charge in [-0.05, 0) is 19.1 Å². The molecule has 7 heteroatoms. The summed E-state index contributed by atoms with van der Waals surface area (Å²) in [7, 11) is -3.13. The molecule has 0 saturated heterocycles. The van der Waals surface area contributed by atoms with Crippen LogP contribution in [0.4, 0.5) is 10.1 Å². The topological polar surface area (TPSA) is 89.3 Å². The Kier molecular flexibility index (Phi) is 4.88. The SMILES string of the molecule is CCS(=O)(=O)CCNC(=O)c1cc(N)c(C)c(F)c1. The number of nitrogens with two attached hydrogens (primary N) is 1. The molecule has 0 aliphatic rings. The third-order valence-electron chi connectivity index (χ3n) is 2.79. The summed E-state index contributed by atoms with van der Waals surface area (Å²) < 4.78 is 35.9. The van der Waals surface area contributed by atoms with E-state index in [1.807, 2.05) is 0 Å². The van der Waals surface area contributed by atoms with Crippen molar-refractivity contribution in [3.05, 3.63) is 29.1 Å². The van der Waals surface area contributed by atoms with Crippen molar-refractivity contribution >= 4 is 21.4 Å². The summed E-state index contributed by atoms with van der Waals surface area (Å²) in [4.78, 5) is 11.7. The lowest BCUT2D eigenvalue weighted by atomic mass is 10.1. The highest BCUT2D eigenvalue weighted by molar-refractivity contribution is 7.91. The maximum absolute atomic E-state index is 13.4. The van der Waals surface area contributed by atoms with Crippen LogP contribution < -0.4 is 11.1 Å². The summed E-state index contributed by atoms with van der Waals surface area (Å²) in [6.45, 7) is 3.04. The smallest absolute Gasteiger partial charge is 0.251 e. The van der Waals surface area contributed by atoms with Crippen LogP contribution in [0.5, 0.6) is 0 Å². The number of nitrogens with one attached hydrogen (secondary N) is 1. The minimum absolute atomic E-state index is 0.00952. The van der Waals surface area contributed by atoms with Gasteiger partial charge in [-0.1, -0.05) is 6.92 Å². The Morgan fingerprint density at radius 3 is 2.58 bits per heavy atom. The van der Waals surface area contributed by atoms with Gasteiger partial charge in [0.05, 0.1) is 5.75 Å². The van der Waals surface area contributed by atoms with Gasteiger partial charge in [0.2, 0.25) is 0 Å². The van der Waals surface area contributed by atoms with Crippen molar-refractivity contribution < 1.29 is 17.6 Å². The molecule has 1 aromatic rings. The Balaban J connectivity index is 2.70. The molecule has 106 valence electrons. The summed E-state index contributed by atoms with van der Waals surface area (Å²) in [5.74, 6) is -1.23. The summed E-state index contributed by atoms with van der Waals surface area (Å²) in [5.41, 5.74) is 6.11. The number of hydrogen-bond acceptors (Lipinski definition) is 4. The molecule has 1 amide bonds. The molecule has 3 N–H and O–H groups in total. The van der Waals surface area contributed by atoms with E-state index in [-0.39, 0.29) is 34.9 Å². The first-order chi connectivity index (χ1) is 8.76. The Morgan fingerprint density at radius 2 is 2.05 bits per heavy atom. The summed E-state index contributed by atoms with van der Waals surface area (Å²) in [6, 6.07) is 2.44. The molecule has 0 aromatic heterocycles. The quantitative estimate of drug-likeness (QED) is 0.787. The third kappa shape index (κ3) is 4.20. The first kappa shape index (κ1) is 15.4. The zero-order chi connectivity index (χ0) is 14.6. The van der Waals surface area contributed by atoms with Gasteiger partial charge in [0.15, 0.2) is 9.84 Å². The molecule has 0 radical (unpaired) electrons. The highest BCUT2D eigenvalue weighted by Crippen LogP contribution is 2.17. The lowest BCUT2D eigenvalue weighted by Gasteiger charge is -2.08. The maximum atomic E-state index is 13.4. The molecule has 0 atom stereocenters. The highest BCUT2D eigenvalue weighted by Gasteiger charge is 2.12. The monoisotopic (exact) mass is 288 g/mol. The number of sulfone groups is 1. The van der Waals surface area contributed by atoms with Crippen molar-refractivity contribution in [3.63, 3.8) is 0 Å². The predicted molar refractivity (Wildman–Crippen MR) is 72.2 cm³/mol.